The molecule has 0 spiro atoms. The summed E-state index contributed by atoms with van der Waals surface area (Å²) in [5.41, 5.74) is 9.80. The quantitative estimate of drug-likeness (QED) is 0.136. The fourth-order valence-corrected chi connectivity index (χ4v) is 8.56. The van der Waals surface area contributed by atoms with E-state index in [1.165, 1.54) is 18.3 Å². The number of para-hydroxylation sites is 1. The number of halogens is 4. The summed E-state index contributed by atoms with van der Waals surface area (Å²) < 4.78 is 63.8. The van der Waals surface area contributed by atoms with Gasteiger partial charge in [-0.3, -0.25) is 20.6 Å². The Morgan fingerprint density at radius 2 is 1.88 bits per heavy atom. The predicted molar refractivity (Wildman–Crippen MR) is 208 cm³/mol. The average molecular weight is 797 g/mol. The second-order valence-electron chi connectivity index (χ2n) is 15.2. The highest BCUT2D eigenvalue weighted by Gasteiger charge is 2.46. The number of carbonyl (C=O) groups excluding carboxylic acids is 1. The molecule has 1 saturated carbocycles. The van der Waals surface area contributed by atoms with Crippen LogP contribution in [-0.2, 0) is 30.1 Å². The van der Waals surface area contributed by atoms with Crippen molar-refractivity contribution in [3.8, 4) is 22.6 Å². The number of pyridine rings is 1. The maximum atomic E-state index is 16.2. The summed E-state index contributed by atoms with van der Waals surface area (Å²) >= 11 is 6.04. The molecule has 5 heterocycles. The van der Waals surface area contributed by atoms with Crippen molar-refractivity contribution in [3.05, 3.63) is 119 Å². The number of anilines is 1. The zero-order valence-electron chi connectivity index (χ0n) is 31.4. The topological polar surface area (TPSA) is 120 Å². The average Bonchev–Trinajstić information content (AvgIpc) is 3.97. The van der Waals surface area contributed by atoms with Crippen molar-refractivity contribution in [2.75, 3.05) is 5.32 Å². The Hall–Kier alpha value is -5.44. The SMILES string of the molecule is CCn1cncc1Cn1c(Cc2c(F)cc(-c3cccc4c3O[C@](C)(c3ccc(Cl)cn3)O4)cc2F)nc2cc(NC(=O)C3CC(F)C4NNC(C)C4C3)ccc21. The number of hydrogen-bond acceptors (Lipinski definition) is 8. The monoisotopic (exact) mass is 796 g/mol. The van der Waals surface area contributed by atoms with Crippen molar-refractivity contribution in [2.45, 2.75) is 77.2 Å². The first-order valence-corrected chi connectivity index (χ1v) is 19.4. The molecule has 2 fully saturated rings. The van der Waals surface area contributed by atoms with Crippen molar-refractivity contribution < 1.29 is 27.4 Å². The number of imidazole rings is 2. The Morgan fingerprint density at radius 3 is 2.65 bits per heavy atom. The second-order valence-corrected chi connectivity index (χ2v) is 15.6. The molecule has 1 amide bonds. The van der Waals surface area contributed by atoms with E-state index in [1.807, 2.05) is 29.0 Å². The van der Waals surface area contributed by atoms with E-state index in [-0.39, 0.29) is 47.9 Å². The maximum absolute atomic E-state index is 16.2. The van der Waals surface area contributed by atoms with E-state index in [1.54, 1.807) is 61.9 Å². The summed E-state index contributed by atoms with van der Waals surface area (Å²) in [6, 6.07) is 16.2. The predicted octanol–water partition coefficient (Wildman–Crippen LogP) is 7.70. The highest BCUT2D eigenvalue weighted by Crippen LogP contribution is 2.49. The van der Waals surface area contributed by atoms with Gasteiger partial charge in [0, 0.05) is 61.1 Å². The van der Waals surface area contributed by atoms with Gasteiger partial charge in [-0.1, -0.05) is 23.7 Å². The molecule has 3 aromatic carbocycles. The highest BCUT2D eigenvalue weighted by molar-refractivity contribution is 6.30. The summed E-state index contributed by atoms with van der Waals surface area (Å²) in [7, 11) is 0. The molecule has 6 atom stereocenters. The number of benzene rings is 3. The lowest BCUT2D eigenvalue weighted by atomic mass is 9.75. The lowest BCUT2D eigenvalue weighted by molar-refractivity contribution is -0.122. The third-order valence-corrected chi connectivity index (χ3v) is 11.7. The van der Waals surface area contributed by atoms with Crippen LogP contribution in [0.25, 0.3) is 22.2 Å². The van der Waals surface area contributed by atoms with Gasteiger partial charge in [0.05, 0.1) is 40.7 Å². The third-order valence-electron chi connectivity index (χ3n) is 11.5. The number of amides is 1. The van der Waals surface area contributed by atoms with Crippen molar-refractivity contribution in [3.63, 3.8) is 0 Å². The van der Waals surface area contributed by atoms with Crippen LogP contribution in [-0.4, -0.2) is 48.2 Å². The maximum Gasteiger partial charge on any atom is 0.292 e. The molecule has 1 aliphatic carbocycles. The van der Waals surface area contributed by atoms with Gasteiger partial charge in [-0.2, -0.15) is 0 Å². The summed E-state index contributed by atoms with van der Waals surface area (Å²) in [5.74, 6) is -2.37. The van der Waals surface area contributed by atoms with E-state index < -0.39 is 29.5 Å². The lowest BCUT2D eigenvalue weighted by Gasteiger charge is -2.34. The molecule has 5 unspecified atom stereocenters. The summed E-state index contributed by atoms with van der Waals surface area (Å²) in [6.07, 6.45) is 4.37. The summed E-state index contributed by atoms with van der Waals surface area (Å²) in [4.78, 5) is 27.0. The Kier molecular flexibility index (Phi) is 9.45. The van der Waals surface area contributed by atoms with Gasteiger partial charge in [-0.25, -0.2) is 23.1 Å². The van der Waals surface area contributed by atoms with Crippen molar-refractivity contribution >= 4 is 34.2 Å². The van der Waals surface area contributed by atoms with Gasteiger partial charge >= 0.3 is 0 Å². The molecule has 3 aromatic heterocycles. The first-order valence-electron chi connectivity index (χ1n) is 19.0. The van der Waals surface area contributed by atoms with Gasteiger partial charge in [0.15, 0.2) is 11.5 Å². The van der Waals surface area contributed by atoms with Crippen LogP contribution >= 0.6 is 11.6 Å². The molecule has 9 rings (SSSR count). The van der Waals surface area contributed by atoms with E-state index in [9.17, 15) is 4.79 Å². The van der Waals surface area contributed by atoms with Crippen LogP contribution in [0.5, 0.6) is 11.5 Å². The van der Waals surface area contributed by atoms with Gasteiger partial charge in [0.25, 0.3) is 5.79 Å². The fourth-order valence-electron chi connectivity index (χ4n) is 8.45. The number of aryl methyl sites for hydroxylation is 1. The number of hydrazine groups is 1. The van der Waals surface area contributed by atoms with Crippen molar-refractivity contribution in [1.82, 2.24) is 34.9 Å². The zero-order chi connectivity index (χ0) is 39.6. The second kappa shape index (κ2) is 14.5. The number of nitrogens with one attached hydrogen (secondary N) is 3. The van der Waals surface area contributed by atoms with Crippen molar-refractivity contribution in [2.24, 2.45) is 11.8 Å². The number of hydrogen-bond donors (Lipinski definition) is 3. The van der Waals surface area contributed by atoms with Crippen LogP contribution < -0.4 is 25.6 Å². The fraction of sp³-hybridized carbons (Fsp3) is 0.333. The number of rotatable bonds is 9. The van der Waals surface area contributed by atoms with E-state index in [4.69, 9.17) is 26.1 Å². The Balaban J connectivity index is 1.01. The van der Waals surface area contributed by atoms with Crippen LogP contribution in [0, 0.1) is 23.5 Å². The molecule has 3 aliphatic rings. The molecule has 3 N–H and O–H groups in total. The normalized spacial score (nSPS) is 23.9. The minimum Gasteiger partial charge on any atom is -0.443 e. The molecule has 0 radical (unpaired) electrons. The van der Waals surface area contributed by atoms with Crippen LogP contribution in [0.4, 0.5) is 18.9 Å². The molecule has 2 aliphatic heterocycles. The molecular weight excluding hydrogens is 757 g/mol. The van der Waals surface area contributed by atoms with Crippen LogP contribution in [0.1, 0.15) is 56.4 Å². The van der Waals surface area contributed by atoms with Crippen molar-refractivity contribution in [1.29, 1.82) is 0 Å². The Labute approximate surface area is 331 Å². The number of fused-ring (bicyclic) bond motifs is 3. The molecule has 15 heteroatoms. The molecule has 294 valence electrons. The largest absolute Gasteiger partial charge is 0.443 e. The molecule has 0 bridgehead atoms. The lowest BCUT2D eigenvalue weighted by Crippen LogP contribution is -2.46. The van der Waals surface area contributed by atoms with Gasteiger partial charge < -0.3 is 23.9 Å². The number of nitrogens with zero attached hydrogens (tertiary/aromatic N) is 5. The van der Waals surface area contributed by atoms with E-state index in [0.29, 0.717) is 69.8 Å². The molecule has 57 heavy (non-hydrogen) atoms. The number of ether oxygens (including phenoxy) is 2. The Bertz CT molecular complexity index is 2490. The zero-order valence-corrected chi connectivity index (χ0v) is 32.2. The van der Waals surface area contributed by atoms with E-state index in [0.717, 1.165) is 5.69 Å². The van der Waals surface area contributed by atoms with Crippen LogP contribution in [0.2, 0.25) is 5.02 Å². The number of aromatic nitrogens is 5. The first kappa shape index (κ1) is 37.2. The third kappa shape index (κ3) is 6.78. The van der Waals surface area contributed by atoms with Gasteiger partial charge in [-0.05, 0) is 86.7 Å². The van der Waals surface area contributed by atoms with Gasteiger partial charge in [0.1, 0.15) is 29.3 Å². The standard InChI is InChI=1S/C42H40ClF3N8O3/c1-4-53-21-47-19-27(53)20-54-35-10-9-26(49-41(55)24-12-29-22(2)51-52-39(29)33(46)15-24)16-34(35)50-38(54)17-30-31(44)13-23(14-32(30)45)28-6-5-7-36-40(28)57-42(3,56-36)37-11-8-25(43)18-48-37/h5-11,13-14,16,18-19,21-22,24,29,33,39,51-52H,4,12,15,17,20H2,1-3H3,(H,49,55)/t22?,24?,29?,33?,39?,42-/m1/s1. The van der Waals surface area contributed by atoms with Gasteiger partial charge in [0.2, 0.25) is 5.91 Å². The smallest absolute Gasteiger partial charge is 0.292 e. The minimum absolute atomic E-state index is 0.000896. The summed E-state index contributed by atoms with van der Waals surface area (Å²) in [5, 5.41) is 3.44. The highest BCUT2D eigenvalue weighted by atomic mass is 35.5. The van der Waals surface area contributed by atoms with E-state index in [2.05, 4.69) is 26.1 Å². The minimum atomic E-state index is -1.28. The first-order chi connectivity index (χ1) is 27.5. The van der Waals surface area contributed by atoms with Gasteiger partial charge in [-0.15, -0.1) is 0 Å². The molecule has 6 aromatic rings. The van der Waals surface area contributed by atoms with Crippen LogP contribution in [0.3, 0.4) is 0 Å². The summed E-state index contributed by atoms with van der Waals surface area (Å²) in [6.45, 7) is 6.72. The molecule has 11 nitrogen and oxygen atoms in total. The molecular formula is C42H40ClF3N8O3. The Morgan fingerprint density at radius 1 is 1.05 bits per heavy atom. The number of alkyl halides is 1. The van der Waals surface area contributed by atoms with Crippen LogP contribution in [0.15, 0.2) is 79.4 Å². The molecule has 1 saturated heterocycles. The number of carbonyl (C=O) groups is 1. The van der Waals surface area contributed by atoms with E-state index >= 15 is 13.2 Å².